The Morgan fingerprint density at radius 3 is 2.33 bits per heavy atom. The lowest BCUT2D eigenvalue weighted by molar-refractivity contribution is 0.384. The lowest BCUT2D eigenvalue weighted by Gasteiger charge is -2.21. The second kappa shape index (κ2) is 7.05. The molecule has 0 aliphatic rings. The van der Waals surface area contributed by atoms with Crippen molar-refractivity contribution in [1.29, 1.82) is 0 Å². The number of hydrogen-bond acceptors (Lipinski definition) is 2. The predicted octanol–water partition coefficient (Wildman–Crippen LogP) is 5.01. The maximum absolute atomic E-state index is 13.5. The van der Waals surface area contributed by atoms with Crippen LogP contribution in [0.2, 0.25) is 0 Å². The number of methoxy groups -OCH3 is 1. The molecule has 0 spiro atoms. The van der Waals surface area contributed by atoms with Crippen LogP contribution in [0.3, 0.4) is 0 Å². The molecule has 2 rings (SSSR count). The van der Waals surface area contributed by atoms with Crippen molar-refractivity contribution < 1.29 is 9.13 Å². The van der Waals surface area contributed by atoms with Gasteiger partial charge in [-0.15, -0.1) is 0 Å². The third-order valence-corrected chi connectivity index (χ3v) is 4.02. The summed E-state index contributed by atoms with van der Waals surface area (Å²) in [6, 6.07) is 13.4. The van der Waals surface area contributed by atoms with Crippen LogP contribution in [0.4, 0.5) is 4.39 Å². The van der Waals surface area contributed by atoms with E-state index in [9.17, 15) is 4.39 Å². The molecule has 112 valence electrons. The third-order valence-electron chi connectivity index (χ3n) is 3.52. The molecule has 2 nitrogen and oxygen atoms in total. The molecule has 0 aromatic heterocycles. The maximum Gasteiger partial charge on any atom is 0.165 e. The van der Waals surface area contributed by atoms with Crippen LogP contribution in [0.15, 0.2) is 46.9 Å². The van der Waals surface area contributed by atoms with Gasteiger partial charge in [0.2, 0.25) is 0 Å². The summed E-state index contributed by atoms with van der Waals surface area (Å²) in [5, 5.41) is 3.51. The Bertz CT molecular complexity index is 617. The standard InChI is InChI=1S/C17H19BrFNO/c1-11(13-5-4-6-15(18)9-13)20-12(2)14-7-8-16(19)17(10-14)21-3/h4-12,20H,1-3H3/t11-,12?/m1/s1. The van der Waals surface area contributed by atoms with Crippen molar-refractivity contribution in [3.8, 4) is 5.75 Å². The number of hydrogen-bond donors (Lipinski definition) is 1. The summed E-state index contributed by atoms with van der Waals surface area (Å²) in [5.74, 6) is -0.0650. The van der Waals surface area contributed by atoms with Gasteiger partial charge in [-0.3, -0.25) is 0 Å². The smallest absolute Gasteiger partial charge is 0.165 e. The van der Waals surface area contributed by atoms with Gasteiger partial charge in [0.15, 0.2) is 11.6 Å². The highest BCUT2D eigenvalue weighted by molar-refractivity contribution is 9.10. The third kappa shape index (κ3) is 4.05. The quantitative estimate of drug-likeness (QED) is 0.817. The van der Waals surface area contributed by atoms with Gasteiger partial charge in [-0.25, -0.2) is 4.39 Å². The summed E-state index contributed by atoms with van der Waals surface area (Å²) >= 11 is 3.48. The van der Waals surface area contributed by atoms with Crippen molar-refractivity contribution in [1.82, 2.24) is 5.32 Å². The van der Waals surface area contributed by atoms with Gasteiger partial charge in [-0.05, 0) is 49.2 Å². The molecule has 0 amide bonds. The van der Waals surface area contributed by atoms with E-state index in [1.165, 1.54) is 18.7 Å². The van der Waals surface area contributed by atoms with E-state index in [2.05, 4.69) is 47.2 Å². The first kappa shape index (κ1) is 16.0. The molecule has 2 aromatic carbocycles. The molecule has 1 unspecified atom stereocenters. The first-order valence-corrected chi connectivity index (χ1v) is 7.65. The van der Waals surface area contributed by atoms with Gasteiger partial charge in [0, 0.05) is 16.6 Å². The molecule has 2 atom stereocenters. The highest BCUT2D eigenvalue weighted by Gasteiger charge is 2.13. The zero-order valence-corrected chi connectivity index (χ0v) is 13.9. The van der Waals surface area contributed by atoms with Crippen LogP contribution in [0.5, 0.6) is 5.75 Å². The molecule has 0 aliphatic carbocycles. The summed E-state index contributed by atoms with van der Waals surface area (Å²) in [5.41, 5.74) is 2.19. The maximum atomic E-state index is 13.5. The molecule has 0 fully saturated rings. The zero-order valence-electron chi connectivity index (χ0n) is 12.4. The summed E-state index contributed by atoms with van der Waals surface area (Å²) in [6.45, 7) is 4.17. The summed E-state index contributed by atoms with van der Waals surface area (Å²) in [4.78, 5) is 0. The van der Waals surface area contributed by atoms with E-state index in [0.717, 1.165) is 10.0 Å². The molecule has 4 heteroatoms. The fraction of sp³-hybridized carbons (Fsp3) is 0.294. The first-order chi connectivity index (χ1) is 10.0. The van der Waals surface area contributed by atoms with Crippen LogP contribution >= 0.6 is 15.9 Å². The normalized spacial score (nSPS) is 13.8. The summed E-state index contributed by atoms with van der Waals surface area (Å²) in [7, 11) is 1.48. The van der Waals surface area contributed by atoms with Gasteiger partial charge in [0.05, 0.1) is 7.11 Å². The highest BCUT2D eigenvalue weighted by Crippen LogP contribution is 2.25. The fourth-order valence-corrected chi connectivity index (χ4v) is 2.71. The van der Waals surface area contributed by atoms with Crippen LogP contribution in [-0.4, -0.2) is 7.11 Å². The zero-order chi connectivity index (χ0) is 15.4. The monoisotopic (exact) mass is 351 g/mol. The molecule has 21 heavy (non-hydrogen) atoms. The molecule has 0 aliphatic heterocycles. The van der Waals surface area contributed by atoms with Crippen LogP contribution in [-0.2, 0) is 0 Å². The van der Waals surface area contributed by atoms with E-state index in [-0.39, 0.29) is 23.7 Å². The van der Waals surface area contributed by atoms with E-state index < -0.39 is 0 Å². The average molecular weight is 352 g/mol. The van der Waals surface area contributed by atoms with Crippen LogP contribution < -0.4 is 10.1 Å². The molecule has 0 saturated heterocycles. The molecule has 0 heterocycles. The van der Waals surface area contributed by atoms with E-state index in [0.29, 0.717) is 0 Å². The van der Waals surface area contributed by atoms with E-state index in [1.807, 2.05) is 12.1 Å². The molecule has 0 saturated carbocycles. The summed E-state index contributed by atoms with van der Waals surface area (Å²) in [6.07, 6.45) is 0. The summed E-state index contributed by atoms with van der Waals surface area (Å²) < 4.78 is 19.5. The van der Waals surface area contributed by atoms with E-state index in [1.54, 1.807) is 12.1 Å². The minimum Gasteiger partial charge on any atom is -0.494 e. The predicted molar refractivity (Wildman–Crippen MR) is 87.1 cm³/mol. The molecule has 1 N–H and O–H groups in total. The van der Waals surface area contributed by atoms with Gasteiger partial charge in [-0.2, -0.15) is 0 Å². The Hall–Kier alpha value is -1.39. The largest absolute Gasteiger partial charge is 0.494 e. The number of nitrogens with one attached hydrogen (secondary N) is 1. The first-order valence-electron chi connectivity index (χ1n) is 6.86. The molecular formula is C17H19BrFNO. The molecule has 0 bridgehead atoms. The average Bonchev–Trinajstić information content (AvgIpc) is 2.47. The number of rotatable bonds is 5. The molecular weight excluding hydrogens is 333 g/mol. The van der Waals surface area contributed by atoms with Gasteiger partial charge in [0.25, 0.3) is 0 Å². The van der Waals surface area contributed by atoms with Crippen LogP contribution in [0, 0.1) is 5.82 Å². The van der Waals surface area contributed by atoms with Gasteiger partial charge in [-0.1, -0.05) is 34.1 Å². The molecule has 0 radical (unpaired) electrons. The SMILES string of the molecule is COc1cc(C(C)N[C@H](C)c2cccc(Br)c2)ccc1F. The second-order valence-corrected chi connectivity index (χ2v) is 5.97. The van der Waals surface area contributed by atoms with Crippen molar-refractivity contribution in [2.75, 3.05) is 7.11 Å². The highest BCUT2D eigenvalue weighted by atomic mass is 79.9. The topological polar surface area (TPSA) is 21.3 Å². The second-order valence-electron chi connectivity index (χ2n) is 5.06. The van der Waals surface area contributed by atoms with Crippen molar-refractivity contribution >= 4 is 15.9 Å². The van der Waals surface area contributed by atoms with E-state index in [4.69, 9.17) is 4.74 Å². The lowest BCUT2D eigenvalue weighted by atomic mass is 10.0. The van der Waals surface area contributed by atoms with Crippen molar-refractivity contribution in [3.05, 3.63) is 63.9 Å². The van der Waals surface area contributed by atoms with Crippen LogP contribution in [0.25, 0.3) is 0 Å². The number of benzene rings is 2. The van der Waals surface area contributed by atoms with Gasteiger partial charge < -0.3 is 10.1 Å². The Labute approximate surface area is 133 Å². The van der Waals surface area contributed by atoms with E-state index >= 15 is 0 Å². The number of ether oxygens (including phenoxy) is 1. The Balaban J connectivity index is 2.12. The van der Waals surface area contributed by atoms with Crippen molar-refractivity contribution in [2.45, 2.75) is 25.9 Å². The van der Waals surface area contributed by atoms with Crippen molar-refractivity contribution in [2.24, 2.45) is 0 Å². The fourth-order valence-electron chi connectivity index (χ4n) is 2.29. The minimum atomic E-state index is -0.339. The lowest BCUT2D eigenvalue weighted by Crippen LogP contribution is -2.22. The van der Waals surface area contributed by atoms with Crippen LogP contribution in [0.1, 0.15) is 37.1 Å². The Morgan fingerprint density at radius 1 is 1.05 bits per heavy atom. The van der Waals surface area contributed by atoms with Gasteiger partial charge >= 0.3 is 0 Å². The Morgan fingerprint density at radius 2 is 1.71 bits per heavy atom. The van der Waals surface area contributed by atoms with Gasteiger partial charge in [0.1, 0.15) is 0 Å². The molecule has 2 aromatic rings. The van der Waals surface area contributed by atoms with Crippen molar-refractivity contribution in [3.63, 3.8) is 0 Å². The Kier molecular flexibility index (Phi) is 5.37. The number of halogens is 2. The minimum absolute atomic E-state index is 0.0912.